The van der Waals surface area contributed by atoms with Gasteiger partial charge in [0, 0.05) is 23.5 Å². The zero-order chi connectivity index (χ0) is 13.5. The lowest BCUT2D eigenvalue weighted by Gasteiger charge is -2.24. The molecule has 1 unspecified atom stereocenters. The van der Waals surface area contributed by atoms with Crippen LogP contribution in [-0.4, -0.2) is 17.6 Å². The van der Waals surface area contributed by atoms with Crippen LogP contribution in [0.15, 0.2) is 5.38 Å². The van der Waals surface area contributed by atoms with Crippen LogP contribution in [0.2, 0.25) is 0 Å². The molecule has 0 spiro atoms. The Morgan fingerprint density at radius 3 is 2.79 bits per heavy atom. The molecule has 1 atom stereocenters. The maximum Gasteiger partial charge on any atom is 0.0943 e. The summed E-state index contributed by atoms with van der Waals surface area (Å²) in [7, 11) is 0. The molecule has 1 aliphatic carbocycles. The van der Waals surface area contributed by atoms with Crippen LogP contribution in [0, 0.1) is 12.8 Å². The van der Waals surface area contributed by atoms with E-state index in [0.29, 0.717) is 6.04 Å². The molecule has 1 fully saturated rings. The first kappa shape index (κ1) is 15.0. The van der Waals surface area contributed by atoms with E-state index in [1.54, 1.807) is 0 Å². The van der Waals surface area contributed by atoms with Gasteiger partial charge in [-0.1, -0.05) is 39.0 Å². The summed E-state index contributed by atoms with van der Waals surface area (Å²) < 4.78 is 0. The number of aryl methyl sites for hydroxylation is 1. The maximum atomic E-state index is 4.61. The van der Waals surface area contributed by atoms with Gasteiger partial charge in [-0.2, -0.15) is 0 Å². The minimum atomic E-state index is 0.623. The third-order valence-corrected chi connectivity index (χ3v) is 5.22. The molecule has 0 radical (unpaired) electrons. The average Bonchev–Trinajstić information content (AvgIpc) is 2.83. The highest BCUT2D eigenvalue weighted by Crippen LogP contribution is 2.28. The fourth-order valence-electron chi connectivity index (χ4n) is 3.18. The molecular formula is C16H28N2S. The van der Waals surface area contributed by atoms with Crippen LogP contribution < -0.4 is 5.32 Å². The number of likely N-dealkylation sites (N-methyl/N-ethyl adjacent to an activating group) is 1. The molecule has 1 aromatic rings. The highest BCUT2D eigenvalue weighted by Gasteiger charge is 2.17. The molecule has 0 amide bonds. The van der Waals surface area contributed by atoms with Crippen molar-refractivity contribution in [1.82, 2.24) is 10.3 Å². The average molecular weight is 280 g/mol. The van der Waals surface area contributed by atoms with E-state index in [2.05, 4.69) is 29.5 Å². The minimum Gasteiger partial charge on any atom is -0.314 e. The zero-order valence-corrected chi connectivity index (χ0v) is 13.3. The number of hydrogen-bond donors (Lipinski definition) is 1. The first-order valence-electron chi connectivity index (χ1n) is 7.92. The Kier molecular flexibility index (Phi) is 6.32. The molecule has 3 heteroatoms. The van der Waals surface area contributed by atoms with Crippen LogP contribution in [0.5, 0.6) is 0 Å². The number of rotatable bonds is 7. The third-order valence-electron chi connectivity index (χ3n) is 4.23. The number of thiazole rings is 1. The molecular weight excluding hydrogens is 252 g/mol. The van der Waals surface area contributed by atoms with E-state index in [9.17, 15) is 0 Å². The molecule has 1 aliphatic rings. The quantitative estimate of drug-likeness (QED) is 0.804. The highest BCUT2D eigenvalue weighted by atomic mass is 32.1. The normalized spacial score (nSPS) is 18.6. The molecule has 19 heavy (non-hydrogen) atoms. The SMILES string of the molecule is CCNC(CCC1CCCCC1)Cc1nc(C)cs1. The molecule has 0 aromatic carbocycles. The predicted molar refractivity (Wildman–Crippen MR) is 83.8 cm³/mol. The molecule has 1 heterocycles. The van der Waals surface area contributed by atoms with Gasteiger partial charge < -0.3 is 5.32 Å². The number of hydrogen-bond acceptors (Lipinski definition) is 3. The number of aromatic nitrogens is 1. The minimum absolute atomic E-state index is 0.623. The Bertz CT molecular complexity index is 355. The van der Waals surface area contributed by atoms with E-state index in [-0.39, 0.29) is 0 Å². The van der Waals surface area contributed by atoms with Gasteiger partial charge >= 0.3 is 0 Å². The van der Waals surface area contributed by atoms with Crippen molar-refractivity contribution in [2.75, 3.05) is 6.54 Å². The van der Waals surface area contributed by atoms with Gasteiger partial charge in [-0.15, -0.1) is 11.3 Å². The summed E-state index contributed by atoms with van der Waals surface area (Å²) in [5.74, 6) is 0.993. The summed E-state index contributed by atoms with van der Waals surface area (Å²) in [4.78, 5) is 4.61. The second-order valence-electron chi connectivity index (χ2n) is 5.92. The van der Waals surface area contributed by atoms with Gasteiger partial charge in [0.15, 0.2) is 0 Å². The van der Waals surface area contributed by atoms with Crippen molar-refractivity contribution in [2.45, 2.75) is 71.3 Å². The van der Waals surface area contributed by atoms with Crippen molar-refractivity contribution in [3.63, 3.8) is 0 Å². The van der Waals surface area contributed by atoms with Crippen LogP contribution in [0.25, 0.3) is 0 Å². The molecule has 2 rings (SSSR count). The molecule has 2 nitrogen and oxygen atoms in total. The lowest BCUT2D eigenvalue weighted by atomic mass is 9.85. The van der Waals surface area contributed by atoms with E-state index in [1.807, 2.05) is 11.3 Å². The van der Waals surface area contributed by atoms with Crippen molar-refractivity contribution in [1.29, 1.82) is 0 Å². The zero-order valence-electron chi connectivity index (χ0n) is 12.5. The van der Waals surface area contributed by atoms with Crippen molar-refractivity contribution >= 4 is 11.3 Å². The number of nitrogens with zero attached hydrogens (tertiary/aromatic N) is 1. The fourth-order valence-corrected chi connectivity index (χ4v) is 4.04. The summed E-state index contributed by atoms with van der Waals surface area (Å²) in [6.07, 6.45) is 11.2. The van der Waals surface area contributed by atoms with Crippen LogP contribution in [0.4, 0.5) is 0 Å². The Morgan fingerprint density at radius 1 is 1.37 bits per heavy atom. The van der Waals surface area contributed by atoms with Gasteiger partial charge in [-0.05, 0) is 32.2 Å². The van der Waals surface area contributed by atoms with E-state index in [1.165, 1.54) is 55.6 Å². The Balaban J connectivity index is 1.78. The van der Waals surface area contributed by atoms with Gasteiger partial charge in [0.05, 0.1) is 5.01 Å². The monoisotopic (exact) mass is 280 g/mol. The Labute approximate surface area is 122 Å². The molecule has 0 aliphatic heterocycles. The summed E-state index contributed by atoms with van der Waals surface area (Å²) >= 11 is 1.81. The van der Waals surface area contributed by atoms with E-state index < -0.39 is 0 Å². The maximum absolute atomic E-state index is 4.61. The molecule has 1 N–H and O–H groups in total. The first-order valence-corrected chi connectivity index (χ1v) is 8.80. The van der Waals surface area contributed by atoms with Crippen LogP contribution in [-0.2, 0) is 6.42 Å². The molecule has 108 valence electrons. The van der Waals surface area contributed by atoms with Crippen molar-refractivity contribution in [3.8, 4) is 0 Å². The molecule has 0 saturated heterocycles. The lowest BCUT2D eigenvalue weighted by Crippen LogP contribution is -2.31. The largest absolute Gasteiger partial charge is 0.314 e. The first-order chi connectivity index (χ1) is 9.28. The molecule has 1 aromatic heterocycles. The van der Waals surface area contributed by atoms with Crippen LogP contribution in [0.3, 0.4) is 0 Å². The smallest absolute Gasteiger partial charge is 0.0943 e. The summed E-state index contributed by atoms with van der Waals surface area (Å²) in [6, 6.07) is 0.623. The summed E-state index contributed by atoms with van der Waals surface area (Å²) in [5.41, 5.74) is 1.17. The van der Waals surface area contributed by atoms with Crippen molar-refractivity contribution in [2.24, 2.45) is 5.92 Å². The predicted octanol–water partition coefficient (Wildman–Crippen LogP) is 4.33. The Morgan fingerprint density at radius 2 is 2.16 bits per heavy atom. The van der Waals surface area contributed by atoms with Crippen molar-refractivity contribution < 1.29 is 0 Å². The van der Waals surface area contributed by atoms with Gasteiger partial charge in [0.2, 0.25) is 0 Å². The molecule has 1 saturated carbocycles. The second-order valence-corrected chi connectivity index (χ2v) is 6.87. The van der Waals surface area contributed by atoms with E-state index in [0.717, 1.165) is 18.9 Å². The second kappa shape index (κ2) is 8.01. The standard InChI is InChI=1S/C16H28N2S/c1-3-17-15(11-16-18-13(2)12-19-16)10-9-14-7-5-4-6-8-14/h12,14-15,17H,3-11H2,1-2H3. The highest BCUT2D eigenvalue weighted by molar-refractivity contribution is 7.09. The molecule has 0 bridgehead atoms. The van der Waals surface area contributed by atoms with Gasteiger partial charge in [0.1, 0.15) is 0 Å². The van der Waals surface area contributed by atoms with Gasteiger partial charge in [0.25, 0.3) is 0 Å². The van der Waals surface area contributed by atoms with Gasteiger partial charge in [-0.25, -0.2) is 4.98 Å². The fraction of sp³-hybridized carbons (Fsp3) is 0.812. The van der Waals surface area contributed by atoms with Gasteiger partial charge in [-0.3, -0.25) is 0 Å². The van der Waals surface area contributed by atoms with E-state index in [4.69, 9.17) is 0 Å². The number of nitrogens with one attached hydrogen (secondary N) is 1. The summed E-state index contributed by atoms with van der Waals surface area (Å²) in [6.45, 7) is 5.37. The summed E-state index contributed by atoms with van der Waals surface area (Å²) in [5, 5.41) is 7.11. The topological polar surface area (TPSA) is 24.9 Å². The lowest BCUT2D eigenvalue weighted by molar-refractivity contribution is 0.313. The third kappa shape index (κ3) is 5.23. The van der Waals surface area contributed by atoms with Crippen molar-refractivity contribution in [3.05, 3.63) is 16.1 Å². The Hall–Kier alpha value is -0.410. The van der Waals surface area contributed by atoms with Crippen LogP contribution >= 0.6 is 11.3 Å². The van der Waals surface area contributed by atoms with Crippen LogP contribution in [0.1, 0.15) is 62.6 Å². The van der Waals surface area contributed by atoms with E-state index >= 15 is 0 Å².